The molecule has 1 heterocycles. The van der Waals surface area contributed by atoms with Gasteiger partial charge in [-0.3, -0.25) is 4.79 Å². The molecule has 1 aromatic heterocycles. The number of hydrogen-bond acceptors (Lipinski definition) is 5. The fraction of sp³-hybridized carbons (Fsp3) is 0.545. The molecule has 1 aromatic rings. The molecule has 3 N–H and O–H groups in total. The second kappa shape index (κ2) is 6.58. The number of nitrogens with zero attached hydrogens (tertiary/aromatic N) is 1. The maximum absolute atomic E-state index is 12.0. The van der Waals surface area contributed by atoms with E-state index in [9.17, 15) is 21.6 Å². The Labute approximate surface area is 124 Å². The first-order valence-corrected chi connectivity index (χ1v) is 9.84. The van der Waals surface area contributed by atoms with Gasteiger partial charge in [0.2, 0.25) is 10.0 Å². The Balaban J connectivity index is 2.94. The summed E-state index contributed by atoms with van der Waals surface area (Å²) in [4.78, 5) is 11.9. The maximum atomic E-state index is 12.0. The zero-order valence-electron chi connectivity index (χ0n) is 11.9. The summed E-state index contributed by atoms with van der Waals surface area (Å²) in [6.07, 6.45) is 3.06. The van der Waals surface area contributed by atoms with Crippen molar-refractivity contribution >= 4 is 25.8 Å². The van der Waals surface area contributed by atoms with Crippen LogP contribution < -0.4 is 10.5 Å². The minimum absolute atomic E-state index is 0.0420. The second-order valence-corrected chi connectivity index (χ2v) is 8.51. The number of hydrogen-bond donors (Lipinski definition) is 2. The first-order chi connectivity index (χ1) is 9.54. The molecule has 0 unspecified atom stereocenters. The van der Waals surface area contributed by atoms with Crippen molar-refractivity contribution in [3.8, 4) is 0 Å². The standard InChI is InChI=1S/C11H19N3O5S2/c1-3-5-14-8-9(21(12,18)19)7-10(14)11(15)13-4-6-20(2,16)17/h7-8H,3-6H2,1-2H3,(H,13,15)(H2,12,18,19). The van der Waals surface area contributed by atoms with Gasteiger partial charge in [-0.1, -0.05) is 6.92 Å². The lowest BCUT2D eigenvalue weighted by atomic mass is 10.4. The van der Waals surface area contributed by atoms with Crippen LogP contribution in [0.25, 0.3) is 0 Å². The van der Waals surface area contributed by atoms with E-state index in [4.69, 9.17) is 5.14 Å². The molecule has 10 heteroatoms. The molecular formula is C11H19N3O5S2. The molecule has 0 spiro atoms. The van der Waals surface area contributed by atoms with Gasteiger partial charge in [0.25, 0.3) is 5.91 Å². The quantitative estimate of drug-likeness (QED) is 0.681. The van der Waals surface area contributed by atoms with E-state index in [1.165, 1.54) is 16.8 Å². The van der Waals surface area contributed by atoms with Crippen LogP contribution in [-0.2, 0) is 26.4 Å². The Morgan fingerprint density at radius 1 is 1.33 bits per heavy atom. The van der Waals surface area contributed by atoms with Gasteiger partial charge in [0.1, 0.15) is 20.4 Å². The molecule has 0 bridgehead atoms. The van der Waals surface area contributed by atoms with Crippen LogP contribution in [0.2, 0.25) is 0 Å². The molecule has 21 heavy (non-hydrogen) atoms. The largest absolute Gasteiger partial charge is 0.350 e. The van der Waals surface area contributed by atoms with Crippen LogP contribution in [0.3, 0.4) is 0 Å². The molecule has 0 fully saturated rings. The number of sulfonamides is 1. The molecule has 1 amide bonds. The number of nitrogens with one attached hydrogen (secondary N) is 1. The summed E-state index contributed by atoms with van der Waals surface area (Å²) >= 11 is 0. The van der Waals surface area contributed by atoms with E-state index >= 15 is 0 Å². The number of rotatable bonds is 7. The molecule has 0 aliphatic heterocycles. The second-order valence-electron chi connectivity index (χ2n) is 4.69. The number of aromatic nitrogens is 1. The Kier molecular flexibility index (Phi) is 5.54. The Hall–Kier alpha value is -1.39. The van der Waals surface area contributed by atoms with Crippen LogP contribution >= 0.6 is 0 Å². The average Bonchev–Trinajstić information content (AvgIpc) is 2.71. The van der Waals surface area contributed by atoms with Crippen LogP contribution in [0, 0.1) is 0 Å². The van der Waals surface area contributed by atoms with Gasteiger partial charge in [-0.25, -0.2) is 22.0 Å². The van der Waals surface area contributed by atoms with Crippen molar-refractivity contribution in [3.05, 3.63) is 18.0 Å². The SMILES string of the molecule is CCCn1cc(S(N)(=O)=O)cc1C(=O)NCCS(C)(=O)=O. The number of carbonyl (C=O) groups is 1. The summed E-state index contributed by atoms with van der Waals surface area (Å²) in [5.41, 5.74) is 0.134. The Morgan fingerprint density at radius 2 is 1.95 bits per heavy atom. The number of sulfone groups is 1. The van der Waals surface area contributed by atoms with Crippen LogP contribution in [0.15, 0.2) is 17.2 Å². The van der Waals surface area contributed by atoms with Gasteiger partial charge >= 0.3 is 0 Å². The first kappa shape index (κ1) is 17.7. The number of amides is 1. The normalized spacial score (nSPS) is 12.3. The molecule has 0 saturated heterocycles. The van der Waals surface area contributed by atoms with Gasteiger partial charge in [0.05, 0.1) is 5.75 Å². The summed E-state index contributed by atoms with van der Waals surface area (Å²) < 4.78 is 46.1. The van der Waals surface area contributed by atoms with E-state index in [0.717, 1.165) is 6.26 Å². The van der Waals surface area contributed by atoms with Gasteiger partial charge in [0.15, 0.2) is 0 Å². The van der Waals surface area contributed by atoms with Crippen LogP contribution in [0.5, 0.6) is 0 Å². The number of aryl methyl sites for hydroxylation is 1. The lowest BCUT2D eigenvalue weighted by Crippen LogP contribution is -2.30. The summed E-state index contributed by atoms with van der Waals surface area (Å²) in [5.74, 6) is -0.725. The van der Waals surface area contributed by atoms with Crippen molar-refractivity contribution in [1.29, 1.82) is 0 Å². The molecule has 120 valence electrons. The summed E-state index contributed by atoms with van der Waals surface area (Å²) in [6, 6.07) is 1.18. The highest BCUT2D eigenvalue weighted by Crippen LogP contribution is 2.13. The van der Waals surface area contributed by atoms with E-state index < -0.39 is 25.8 Å². The Bertz CT molecular complexity index is 719. The van der Waals surface area contributed by atoms with Crippen molar-refractivity contribution in [2.24, 2.45) is 5.14 Å². The lowest BCUT2D eigenvalue weighted by Gasteiger charge is -2.08. The lowest BCUT2D eigenvalue weighted by molar-refractivity contribution is 0.0946. The highest BCUT2D eigenvalue weighted by molar-refractivity contribution is 7.90. The fourth-order valence-corrected chi connectivity index (χ4v) is 2.72. The predicted octanol–water partition coefficient (Wildman–Crippen LogP) is -0.680. The average molecular weight is 337 g/mol. The molecule has 0 aliphatic rings. The van der Waals surface area contributed by atoms with Crippen molar-refractivity contribution in [2.75, 3.05) is 18.6 Å². The third-order valence-electron chi connectivity index (χ3n) is 2.66. The Morgan fingerprint density at radius 3 is 2.43 bits per heavy atom. The summed E-state index contributed by atoms with van der Waals surface area (Å²) in [7, 11) is -7.07. The molecule has 8 nitrogen and oxygen atoms in total. The zero-order chi connectivity index (χ0) is 16.3. The number of nitrogens with two attached hydrogens (primary N) is 1. The van der Waals surface area contributed by atoms with E-state index in [-0.39, 0.29) is 22.9 Å². The van der Waals surface area contributed by atoms with E-state index in [2.05, 4.69) is 5.32 Å². The highest BCUT2D eigenvalue weighted by atomic mass is 32.2. The minimum Gasteiger partial charge on any atom is -0.350 e. The van der Waals surface area contributed by atoms with E-state index in [1.54, 1.807) is 0 Å². The number of carbonyl (C=O) groups excluding carboxylic acids is 1. The van der Waals surface area contributed by atoms with Gasteiger partial charge in [-0.2, -0.15) is 0 Å². The molecule has 0 radical (unpaired) electrons. The predicted molar refractivity (Wildman–Crippen MR) is 78.1 cm³/mol. The fourth-order valence-electron chi connectivity index (χ4n) is 1.70. The van der Waals surface area contributed by atoms with Gasteiger partial charge < -0.3 is 9.88 Å². The van der Waals surface area contributed by atoms with Crippen LogP contribution in [-0.4, -0.2) is 45.9 Å². The molecule has 0 atom stereocenters. The zero-order valence-corrected chi connectivity index (χ0v) is 13.5. The number of primary sulfonamides is 1. The minimum atomic E-state index is -3.90. The molecule has 0 aromatic carbocycles. The van der Waals surface area contributed by atoms with E-state index in [0.29, 0.717) is 13.0 Å². The third kappa shape index (κ3) is 5.48. The van der Waals surface area contributed by atoms with Crippen LogP contribution in [0.4, 0.5) is 0 Å². The van der Waals surface area contributed by atoms with Crippen molar-refractivity contribution in [2.45, 2.75) is 24.8 Å². The monoisotopic (exact) mass is 337 g/mol. The first-order valence-electron chi connectivity index (χ1n) is 6.23. The van der Waals surface area contributed by atoms with Crippen molar-refractivity contribution in [3.63, 3.8) is 0 Å². The van der Waals surface area contributed by atoms with E-state index in [1.807, 2.05) is 6.92 Å². The van der Waals surface area contributed by atoms with Gasteiger partial charge in [-0.15, -0.1) is 0 Å². The molecule has 1 rings (SSSR count). The topological polar surface area (TPSA) is 128 Å². The summed E-state index contributed by atoms with van der Waals surface area (Å²) in [5, 5.41) is 7.48. The molecule has 0 saturated carbocycles. The smallest absolute Gasteiger partial charge is 0.267 e. The molecular weight excluding hydrogens is 318 g/mol. The van der Waals surface area contributed by atoms with Crippen molar-refractivity contribution in [1.82, 2.24) is 9.88 Å². The molecule has 0 aliphatic carbocycles. The van der Waals surface area contributed by atoms with Crippen LogP contribution in [0.1, 0.15) is 23.8 Å². The maximum Gasteiger partial charge on any atom is 0.267 e. The third-order valence-corrected chi connectivity index (χ3v) is 4.48. The highest BCUT2D eigenvalue weighted by Gasteiger charge is 2.18. The summed E-state index contributed by atoms with van der Waals surface area (Å²) in [6.45, 7) is 2.28. The van der Waals surface area contributed by atoms with Gasteiger partial charge in [-0.05, 0) is 12.5 Å². The van der Waals surface area contributed by atoms with Gasteiger partial charge in [0, 0.05) is 25.5 Å². The van der Waals surface area contributed by atoms with Crippen molar-refractivity contribution < 1.29 is 21.6 Å².